The van der Waals surface area contributed by atoms with Gasteiger partial charge >= 0.3 is 5.97 Å². The number of nitrogens with one attached hydrogen (secondary N) is 1. The third-order valence-electron chi connectivity index (χ3n) is 2.50. The largest absolute Gasteiger partial charge is 0.497 e. The van der Waals surface area contributed by atoms with Crippen molar-refractivity contribution in [3.05, 3.63) is 52.4 Å². The lowest BCUT2D eigenvalue weighted by atomic mass is 10.1. The van der Waals surface area contributed by atoms with Crippen LogP contribution in [0.15, 0.2) is 41.2 Å². The minimum Gasteiger partial charge on any atom is -0.497 e. The van der Waals surface area contributed by atoms with Crippen LogP contribution in [0.25, 0.3) is 11.1 Å². The van der Waals surface area contributed by atoms with Crippen molar-refractivity contribution in [1.29, 1.82) is 0 Å². The first-order valence-electron chi connectivity index (χ1n) is 5.22. The summed E-state index contributed by atoms with van der Waals surface area (Å²) in [5.41, 5.74) is 0.734. The van der Waals surface area contributed by atoms with Gasteiger partial charge in [0, 0.05) is 6.07 Å². The lowest BCUT2D eigenvalue weighted by Gasteiger charge is -2.04. The zero-order valence-corrected chi connectivity index (χ0v) is 9.64. The molecule has 0 atom stereocenters. The maximum absolute atomic E-state index is 11.4. The number of H-pyrrole nitrogens is 1. The minimum atomic E-state index is -1.16. The molecule has 1 aromatic heterocycles. The van der Waals surface area contributed by atoms with Crippen LogP contribution in [0.1, 0.15) is 10.5 Å². The number of hydrogen-bond donors (Lipinski definition) is 2. The Balaban J connectivity index is 2.49. The van der Waals surface area contributed by atoms with Crippen molar-refractivity contribution in [3.8, 4) is 16.9 Å². The van der Waals surface area contributed by atoms with Gasteiger partial charge in [0.1, 0.15) is 11.4 Å². The van der Waals surface area contributed by atoms with E-state index in [2.05, 4.69) is 4.98 Å². The zero-order valence-electron chi connectivity index (χ0n) is 9.64. The summed E-state index contributed by atoms with van der Waals surface area (Å²) in [7, 11) is 1.56. The Morgan fingerprint density at radius 2 is 1.83 bits per heavy atom. The van der Waals surface area contributed by atoms with Crippen LogP contribution in [0.5, 0.6) is 5.75 Å². The Morgan fingerprint density at radius 3 is 2.39 bits per heavy atom. The van der Waals surface area contributed by atoms with Gasteiger partial charge in [-0.15, -0.1) is 0 Å². The van der Waals surface area contributed by atoms with Crippen LogP contribution in [-0.2, 0) is 0 Å². The Morgan fingerprint density at radius 1 is 1.17 bits per heavy atom. The predicted molar refractivity (Wildman–Crippen MR) is 66.0 cm³/mol. The van der Waals surface area contributed by atoms with E-state index >= 15 is 0 Å². The van der Waals surface area contributed by atoms with E-state index in [0.29, 0.717) is 11.3 Å². The molecule has 0 aliphatic rings. The van der Waals surface area contributed by atoms with Gasteiger partial charge in [-0.2, -0.15) is 0 Å². The fourth-order valence-corrected chi connectivity index (χ4v) is 1.61. The van der Waals surface area contributed by atoms with Gasteiger partial charge in [-0.05, 0) is 29.3 Å². The van der Waals surface area contributed by atoms with E-state index in [0.717, 1.165) is 5.56 Å². The van der Waals surface area contributed by atoms with Crippen LogP contribution in [0, 0.1) is 0 Å². The molecular formula is C13H11NO4. The molecule has 0 amide bonds. The highest BCUT2D eigenvalue weighted by Gasteiger charge is 2.07. The van der Waals surface area contributed by atoms with Crippen molar-refractivity contribution in [3.63, 3.8) is 0 Å². The number of carboxylic acids is 1. The van der Waals surface area contributed by atoms with Crippen molar-refractivity contribution in [1.82, 2.24) is 4.98 Å². The summed E-state index contributed by atoms with van der Waals surface area (Å²) >= 11 is 0. The minimum absolute atomic E-state index is 0.131. The average molecular weight is 245 g/mol. The monoisotopic (exact) mass is 245 g/mol. The fraction of sp³-hybridized carbons (Fsp3) is 0.0769. The summed E-state index contributed by atoms with van der Waals surface area (Å²) < 4.78 is 5.03. The van der Waals surface area contributed by atoms with Crippen LogP contribution in [-0.4, -0.2) is 23.2 Å². The lowest BCUT2D eigenvalue weighted by molar-refractivity contribution is 0.0690. The van der Waals surface area contributed by atoms with Crippen LogP contribution in [0.3, 0.4) is 0 Å². The summed E-state index contributed by atoms with van der Waals surface area (Å²) in [5.74, 6) is -0.468. The molecule has 0 saturated heterocycles. The van der Waals surface area contributed by atoms with Gasteiger partial charge in [0.2, 0.25) is 5.56 Å². The molecular weight excluding hydrogens is 234 g/mol. The number of benzene rings is 1. The third kappa shape index (κ3) is 2.40. The molecule has 18 heavy (non-hydrogen) atoms. The van der Waals surface area contributed by atoms with E-state index < -0.39 is 11.5 Å². The van der Waals surface area contributed by atoms with Gasteiger partial charge in [0.25, 0.3) is 0 Å². The van der Waals surface area contributed by atoms with Gasteiger partial charge < -0.3 is 14.8 Å². The highest BCUT2D eigenvalue weighted by atomic mass is 16.5. The molecule has 2 N–H and O–H groups in total. The second-order valence-electron chi connectivity index (χ2n) is 3.68. The van der Waals surface area contributed by atoms with E-state index in [1.807, 2.05) is 0 Å². The number of aromatic nitrogens is 1. The van der Waals surface area contributed by atoms with E-state index in [4.69, 9.17) is 9.84 Å². The molecule has 0 aliphatic heterocycles. The molecule has 92 valence electrons. The van der Waals surface area contributed by atoms with Gasteiger partial charge in [0.15, 0.2) is 0 Å². The van der Waals surface area contributed by atoms with Crippen LogP contribution < -0.4 is 10.3 Å². The molecule has 5 nitrogen and oxygen atoms in total. The molecule has 0 bridgehead atoms. The SMILES string of the molecule is COc1ccc(-c2cc(C(=O)O)[nH]c(=O)c2)cc1. The van der Waals surface area contributed by atoms with E-state index in [9.17, 15) is 9.59 Å². The topological polar surface area (TPSA) is 79.4 Å². The Hall–Kier alpha value is -2.56. The molecule has 5 heteroatoms. The molecule has 0 unspecified atom stereocenters. The zero-order chi connectivity index (χ0) is 13.1. The summed E-state index contributed by atoms with van der Waals surface area (Å²) in [6, 6.07) is 9.80. The molecule has 0 fully saturated rings. The first kappa shape index (κ1) is 11.9. The van der Waals surface area contributed by atoms with Crippen molar-refractivity contribution >= 4 is 5.97 Å². The van der Waals surface area contributed by atoms with Gasteiger partial charge in [-0.1, -0.05) is 12.1 Å². The fourth-order valence-electron chi connectivity index (χ4n) is 1.61. The van der Waals surface area contributed by atoms with Crippen molar-refractivity contribution in [2.75, 3.05) is 7.11 Å². The predicted octanol–water partition coefficient (Wildman–Crippen LogP) is 1.75. The van der Waals surface area contributed by atoms with E-state index in [1.165, 1.54) is 12.1 Å². The molecule has 0 saturated carbocycles. The van der Waals surface area contributed by atoms with Crippen LogP contribution in [0.2, 0.25) is 0 Å². The first-order valence-corrected chi connectivity index (χ1v) is 5.22. The summed E-state index contributed by atoms with van der Waals surface area (Å²) in [6.07, 6.45) is 0. The quantitative estimate of drug-likeness (QED) is 0.863. The number of aromatic amines is 1. The number of hydrogen-bond acceptors (Lipinski definition) is 3. The van der Waals surface area contributed by atoms with Crippen LogP contribution >= 0.6 is 0 Å². The summed E-state index contributed by atoms with van der Waals surface area (Å²) in [4.78, 5) is 24.5. The average Bonchev–Trinajstić information content (AvgIpc) is 2.38. The van der Waals surface area contributed by atoms with E-state index in [1.54, 1.807) is 31.4 Å². The third-order valence-corrected chi connectivity index (χ3v) is 2.50. The second kappa shape index (κ2) is 4.75. The van der Waals surface area contributed by atoms with Gasteiger partial charge in [0.05, 0.1) is 7.11 Å². The maximum Gasteiger partial charge on any atom is 0.352 e. The number of ether oxygens (including phenoxy) is 1. The molecule has 1 aromatic carbocycles. The number of carboxylic acid groups (broad SMARTS) is 1. The maximum atomic E-state index is 11.4. The molecule has 0 radical (unpaired) electrons. The molecule has 1 heterocycles. The highest BCUT2D eigenvalue weighted by Crippen LogP contribution is 2.21. The normalized spacial score (nSPS) is 10.1. The smallest absolute Gasteiger partial charge is 0.352 e. The van der Waals surface area contributed by atoms with Crippen molar-refractivity contribution in [2.45, 2.75) is 0 Å². The Kier molecular flexibility index (Phi) is 3.14. The summed E-state index contributed by atoms with van der Waals surface area (Å²) in [5, 5.41) is 8.87. The summed E-state index contributed by atoms with van der Waals surface area (Å²) in [6.45, 7) is 0. The van der Waals surface area contributed by atoms with Gasteiger partial charge in [-0.3, -0.25) is 4.79 Å². The number of pyridine rings is 1. The van der Waals surface area contributed by atoms with Gasteiger partial charge in [-0.25, -0.2) is 4.79 Å². The number of methoxy groups -OCH3 is 1. The molecule has 0 spiro atoms. The van der Waals surface area contributed by atoms with Crippen molar-refractivity contribution < 1.29 is 14.6 Å². The standard InChI is InChI=1S/C13H11NO4/c1-18-10-4-2-8(3-5-10)9-6-11(13(16)17)14-12(15)7-9/h2-7H,1H3,(H,14,15)(H,16,17). The van der Waals surface area contributed by atoms with Crippen molar-refractivity contribution in [2.24, 2.45) is 0 Å². The molecule has 2 aromatic rings. The Labute approximate surface area is 103 Å². The highest BCUT2D eigenvalue weighted by molar-refractivity contribution is 5.87. The van der Waals surface area contributed by atoms with E-state index in [-0.39, 0.29) is 5.69 Å². The number of carbonyl (C=O) groups is 1. The second-order valence-corrected chi connectivity index (χ2v) is 3.68. The lowest BCUT2D eigenvalue weighted by Crippen LogP contribution is -2.11. The van der Waals surface area contributed by atoms with Crippen LogP contribution in [0.4, 0.5) is 0 Å². The Bertz CT molecular complexity index is 628. The number of aromatic carboxylic acids is 1. The first-order chi connectivity index (χ1) is 8.60. The molecule has 2 rings (SSSR count). The number of rotatable bonds is 3. The molecule has 0 aliphatic carbocycles.